The van der Waals surface area contributed by atoms with Gasteiger partial charge in [0.05, 0.1) is 82.8 Å². The molecule has 0 amide bonds. The average Bonchev–Trinajstić information content (AvgIpc) is 1.60. The van der Waals surface area contributed by atoms with Crippen molar-refractivity contribution in [3.63, 3.8) is 0 Å². The maximum atomic E-state index is 4.88. The van der Waals surface area contributed by atoms with Crippen LogP contribution in [0.15, 0.2) is 468 Å². The lowest BCUT2D eigenvalue weighted by Crippen LogP contribution is -1.94. The smallest absolute Gasteiger partial charge is 0.0963 e. The van der Waals surface area contributed by atoms with Crippen molar-refractivity contribution < 1.29 is 0 Å². The molecule has 17 aromatic carbocycles. The highest BCUT2D eigenvalue weighted by atomic mass is 15.0. The summed E-state index contributed by atoms with van der Waals surface area (Å²) < 4.78 is 14.1. The lowest BCUT2D eigenvalue weighted by molar-refractivity contribution is 1.17. The van der Waals surface area contributed by atoms with Gasteiger partial charge in [-0.05, 0) is 238 Å². The lowest BCUT2D eigenvalue weighted by atomic mass is 10.0. The standard InChI is InChI=1S/2C41H27N3.C35H23N3/c1-3-11-28(12-4-1)29-13-9-16-33(25-29)44-38-23-21-30(26-36(38)41-39(44)19-10-24-42-41)31-20-22-35-34-17-7-8-18-37(34)43(40(35)27-31)32-14-5-2-6-15-32;1-3-10-28(11-4-1)29-17-21-33(22-18-29)43-38-24-20-30(26-36(38)41-39(43)16-9-25-42-41)31-19-23-35-34-14-7-8-15-37(34)44(40(35)27-31)32-12-5-2-6-13-32;1-3-10-26(11-4-1)37-32-20-18-24(22-30(32)35-33(37)16-9-21-36-35)25-17-19-29-28-14-7-8-15-31(28)38(34(29)23-25)27-12-5-2-6-13-27/h2*1-27H;1-23H. The molecule has 590 valence electrons. The summed E-state index contributed by atoms with van der Waals surface area (Å²) in [4.78, 5) is 14.5. The number of nitrogens with zero attached hydrogens (tertiary/aromatic N) is 9. The first kappa shape index (κ1) is 73.0. The van der Waals surface area contributed by atoms with E-state index in [4.69, 9.17) is 15.0 Å². The minimum atomic E-state index is 1.01. The highest BCUT2D eigenvalue weighted by Gasteiger charge is 2.23. The van der Waals surface area contributed by atoms with E-state index in [-0.39, 0.29) is 0 Å². The van der Waals surface area contributed by atoms with Crippen LogP contribution in [0.4, 0.5) is 0 Å². The summed E-state index contributed by atoms with van der Waals surface area (Å²) in [5, 5.41) is 11.0. The lowest BCUT2D eigenvalue weighted by Gasteiger charge is -2.11. The minimum Gasteiger partial charge on any atom is -0.309 e. The molecule has 0 aliphatic carbocycles. The van der Waals surface area contributed by atoms with Gasteiger partial charge in [-0.1, -0.05) is 267 Å². The highest BCUT2D eigenvalue weighted by Crippen LogP contribution is 2.44. The number of benzene rings is 17. The van der Waals surface area contributed by atoms with E-state index in [9.17, 15) is 0 Å². The summed E-state index contributed by atoms with van der Waals surface area (Å²) in [5.74, 6) is 0. The zero-order chi connectivity index (χ0) is 83.1. The monoisotopic (exact) mass is 1610 g/mol. The van der Waals surface area contributed by atoms with Gasteiger partial charge in [-0.25, -0.2) is 0 Å². The highest BCUT2D eigenvalue weighted by molar-refractivity contribution is 6.16. The van der Waals surface area contributed by atoms with Gasteiger partial charge in [0.1, 0.15) is 0 Å². The topological polar surface area (TPSA) is 68.2 Å². The van der Waals surface area contributed by atoms with Crippen LogP contribution in [-0.2, 0) is 0 Å². The van der Waals surface area contributed by atoms with Gasteiger partial charge in [-0.3, -0.25) is 15.0 Å². The molecule has 9 aromatic heterocycles. The van der Waals surface area contributed by atoms with Crippen molar-refractivity contribution in [1.82, 2.24) is 42.4 Å². The molecule has 9 heteroatoms. The van der Waals surface area contributed by atoms with Crippen LogP contribution in [0.1, 0.15) is 0 Å². The molecule has 0 fully saturated rings. The molecule has 0 aliphatic heterocycles. The van der Waals surface area contributed by atoms with Gasteiger partial charge in [0, 0.05) is 101 Å². The SMILES string of the molecule is c1ccc(-c2ccc(-n3c4ccc(-c5ccc6c7ccccc7n(-c7ccccc7)c6c5)cc4c4ncccc43)cc2)cc1.c1ccc(-c2cccc(-n3c4ccc(-c5ccc6c7ccccc7n(-c7ccccc7)c6c5)cc4c4ncccc43)c2)cc1.c1ccc(-n2c3ccccc3c3ccc(-c4ccc5c(c4)c4ncccc4n5-c4ccccc4)cc32)cc1. The van der Waals surface area contributed by atoms with Crippen molar-refractivity contribution in [3.8, 4) is 89.8 Å². The molecule has 0 radical (unpaired) electrons. The number of pyridine rings is 3. The molecule has 0 N–H and O–H groups in total. The van der Waals surface area contributed by atoms with Crippen molar-refractivity contribution in [2.24, 2.45) is 0 Å². The first-order valence-electron chi connectivity index (χ1n) is 42.9. The van der Waals surface area contributed by atoms with Crippen molar-refractivity contribution in [1.29, 1.82) is 0 Å². The van der Waals surface area contributed by atoms with Crippen LogP contribution in [0, 0.1) is 0 Å². The normalized spacial score (nSPS) is 11.7. The second kappa shape index (κ2) is 30.6. The van der Waals surface area contributed by atoms with Crippen LogP contribution in [-0.4, -0.2) is 42.4 Å². The Morgan fingerprint density at radius 2 is 0.341 bits per heavy atom. The summed E-state index contributed by atoms with van der Waals surface area (Å²) in [6, 6.07) is 160. The Balaban J connectivity index is 0.000000106. The third kappa shape index (κ3) is 12.4. The molecule has 9 nitrogen and oxygen atoms in total. The fourth-order valence-corrected chi connectivity index (χ4v) is 19.4. The van der Waals surface area contributed by atoms with Crippen LogP contribution in [0.5, 0.6) is 0 Å². The zero-order valence-corrected chi connectivity index (χ0v) is 68.5. The van der Waals surface area contributed by atoms with Gasteiger partial charge in [-0.15, -0.1) is 0 Å². The molecule has 26 aromatic rings. The predicted octanol–water partition coefficient (Wildman–Crippen LogP) is 30.2. The number of hydrogen-bond acceptors (Lipinski definition) is 3. The zero-order valence-electron chi connectivity index (χ0n) is 68.5. The van der Waals surface area contributed by atoms with E-state index in [0.29, 0.717) is 0 Å². The molecule has 0 atom stereocenters. The van der Waals surface area contributed by atoms with E-state index in [1.165, 1.54) is 127 Å². The Kier molecular flexibility index (Phi) is 17.7. The van der Waals surface area contributed by atoms with Crippen molar-refractivity contribution >= 4 is 131 Å². The summed E-state index contributed by atoms with van der Waals surface area (Å²) in [6.07, 6.45) is 5.67. The molecule has 0 spiro atoms. The van der Waals surface area contributed by atoms with Gasteiger partial charge in [0.2, 0.25) is 0 Å². The van der Waals surface area contributed by atoms with Crippen LogP contribution in [0.25, 0.3) is 221 Å². The van der Waals surface area contributed by atoms with Gasteiger partial charge in [-0.2, -0.15) is 0 Å². The maximum absolute atomic E-state index is 4.88. The second-order valence-corrected chi connectivity index (χ2v) is 32.2. The molecule has 9 heterocycles. The van der Waals surface area contributed by atoms with Crippen molar-refractivity contribution in [2.45, 2.75) is 0 Å². The van der Waals surface area contributed by atoms with Gasteiger partial charge in [0.15, 0.2) is 0 Å². The second-order valence-electron chi connectivity index (χ2n) is 32.2. The molecule has 126 heavy (non-hydrogen) atoms. The fraction of sp³-hybridized carbons (Fsp3) is 0. The Bertz CT molecular complexity index is 8680. The van der Waals surface area contributed by atoms with E-state index >= 15 is 0 Å². The molecular formula is C117H77N9. The van der Waals surface area contributed by atoms with E-state index in [2.05, 4.69) is 458 Å². The van der Waals surface area contributed by atoms with Crippen LogP contribution in [0.2, 0.25) is 0 Å². The van der Waals surface area contributed by atoms with Crippen LogP contribution < -0.4 is 0 Å². The maximum Gasteiger partial charge on any atom is 0.0963 e. The van der Waals surface area contributed by atoms with E-state index < -0.39 is 0 Å². The largest absolute Gasteiger partial charge is 0.309 e. The molecule has 0 bridgehead atoms. The summed E-state index contributed by atoms with van der Waals surface area (Å²) in [5.41, 5.74) is 35.9. The van der Waals surface area contributed by atoms with Gasteiger partial charge < -0.3 is 27.4 Å². The summed E-state index contributed by atoms with van der Waals surface area (Å²) >= 11 is 0. The molecule has 26 rings (SSSR count). The molecule has 0 saturated carbocycles. The number of para-hydroxylation sites is 7. The quantitative estimate of drug-likeness (QED) is 0.130. The van der Waals surface area contributed by atoms with E-state index in [1.807, 2.05) is 36.8 Å². The molecule has 0 unspecified atom stereocenters. The summed E-state index contributed by atoms with van der Waals surface area (Å²) in [7, 11) is 0. The first-order chi connectivity index (χ1) is 62.5. The van der Waals surface area contributed by atoms with Crippen LogP contribution >= 0.6 is 0 Å². The Morgan fingerprint density at radius 3 is 0.698 bits per heavy atom. The van der Waals surface area contributed by atoms with Gasteiger partial charge in [0.25, 0.3) is 0 Å². The Labute approximate surface area is 726 Å². The number of hydrogen-bond donors (Lipinski definition) is 0. The van der Waals surface area contributed by atoms with E-state index in [1.54, 1.807) is 0 Å². The number of aromatic nitrogens is 9. The van der Waals surface area contributed by atoms with Crippen molar-refractivity contribution in [3.05, 3.63) is 468 Å². The third-order valence-corrected chi connectivity index (χ3v) is 25.1. The Hall–Kier alpha value is -17.0. The molecule has 0 aliphatic rings. The molecule has 0 saturated heterocycles. The number of rotatable bonds is 11. The Morgan fingerprint density at radius 1 is 0.119 bits per heavy atom. The number of fused-ring (bicyclic) bond motifs is 18. The average molecular weight is 1610 g/mol. The fourth-order valence-electron chi connectivity index (χ4n) is 19.4. The van der Waals surface area contributed by atoms with Crippen molar-refractivity contribution in [2.75, 3.05) is 0 Å². The predicted molar refractivity (Wildman–Crippen MR) is 526 cm³/mol. The summed E-state index contributed by atoms with van der Waals surface area (Å²) in [6.45, 7) is 0. The third-order valence-electron chi connectivity index (χ3n) is 25.1. The van der Waals surface area contributed by atoms with Crippen LogP contribution in [0.3, 0.4) is 0 Å². The van der Waals surface area contributed by atoms with E-state index in [0.717, 1.165) is 94.2 Å². The molecular weight excluding hydrogens is 1530 g/mol. The first-order valence-corrected chi connectivity index (χ1v) is 42.9. The van der Waals surface area contributed by atoms with Gasteiger partial charge >= 0.3 is 0 Å². The minimum absolute atomic E-state index is 1.01.